The number of rotatable bonds is 3. The molecule has 0 spiro atoms. The Bertz CT molecular complexity index is 576. The third-order valence-electron chi connectivity index (χ3n) is 5.41. The van der Waals surface area contributed by atoms with Crippen molar-refractivity contribution in [3.05, 3.63) is 35.1 Å². The minimum absolute atomic E-state index is 0.0501. The first-order valence-electron chi connectivity index (χ1n) is 7.83. The molecule has 22 heavy (non-hydrogen) atoms. The number of benzene rings is 1. The molecule has 2 aliphatic rings. The lowest BCUT2D eigenvalue weighted by atomic mass is 9.62. The van der Waals surface area contributed by atoms with Gasteiger partial charge in [-0.15, -0.1) is 0 Å². The van der Waals surface area contributed by atoms with Crippen LogP contribution < -0.4 is 5.73 Å². The van der Waals surface area contributed by atoms with E-state index in [4.69, 9.17) is 10.5 Å². The molecule has 2 bridgehead atoms. The van der Waals surface area contributed by atoms with Gasteiger partial charge in [-0.3, -0.25) is 4.79 Å². The highest BCUT2D eigenvalue weighted by molar-refractivity contribution is 5.93. The number of nitrogens with zero attached hydrogens (tertiary/aromatic N) is 1. The molecule has 120 valence electrons. The number of primary amides is 1. The lowest BCUT2D eigenvalue weighted by molar-refractivity contribution is -0.167. The van der Waals surface area contributed by atoms with Crippen LogP contribution in [0, 0.1) is 17.7 Å². The predicted molar refractivity (Wildman–Crippen MR) is 81.9 cm³/mol. The molecule has 1 saturated heterocycles. The summed E-state index contributed by atoms with van der Waals surface area (Å²) in [7, 11) is 3.76. The van der Waals surface area contributed by atoms with E-state index in [2.05, 4.69) is 11.9 Å². The van der Waals surface area contributed by atoms with Crippen molar-refractivity contribution in [2.45, 2.75) is 24.9 Å². The second-order valence-corrected chi connectivity index (χ2v) is 6.57. The summed E-state index contributed by atoms with van der Waals surface area (Å²) in [4.78, 5) is 13.8. The molecule has 2 unspecified atom stereocenters. The molecule has 1 amide bonds. The number of carbonyl (C=O) groups is 1. The van der Waals surface area contributed by atoms with Crippen molar-refractivity contribution in [2.75, 3.05) is 27.2 Å². The minimum atomic E-state index is -0.733. The maximum Gasteiger partial charge on any atom is 0.251 e. The van der Waals surface area contributed by atoms with Crippen LogP contribution in [-0.2, 0) is 10.3 Å². The summed E-state index contributed by atoms with van der Waals surface area (Å²) < 4.78 is 20.9. The second kappa shape index (κ2) is 5.63. The molecule has 5 heteroatoms. The zero-order chi connectivity index (χ0) is 15.9. The number of ether oxygens (including phenoxy) is 1. The molecule has 1 aromatic carbocycles. The van der Waals surface area contributed by atoms with Crippen molar-refractivity contribution in [1.29, 1.82) is 0 Å². The lowest BCUT2D eigenvalue weighted by Gasteiger charge is -2.54. The highest BCUT2D eigenvalue weighted by Gasteiger charge is 2.53. The van der Waals surface area contributed by atoms with E-state index in [1.165, 1.54) is 6.07 Å². The van der Waals surface area contributed by atoms with Gasteiger partial charge in [0.1, 0.15) is 11.4 Å². The summed E-state index contributed by atoms with van der Waals surface area (Å²) in [6.45, 7) is 1.76. The Morgan fingerprint density at radius 2 is 2.00 bits per heavy atom. The molecule has 0 radical (unpaired) electrons. The Balaban J connectivity index is 2.15. The van der Waals surface area contributed by atoms with Gasteiger partial charge < -0.3 is 15.4 Å². The van der Waals surface area contributed by atoms with Gasteiger partial charge in [0.05, 0.1) is 5.56 Å². The number of carbonyl (C=O) groups excluding carboxylic acids is 1. The Morgan fingerprint density at radius 3 is 2.55 bits per heavy atom. The summed E-state index contributed by atoms with van der Waals surface area (Å²) in [5, 5.41) is 0. The molecule has 1 heterocycles. The predicted octanol–water partition coefficient (Wildman–Crippen LogP) is 2.13. The smallest absolute Gasteiger partial charge is 0.251 e. The van der Waals surface area contributed by atoms with Gasteiger partial charge in [-0.2, -0.15) is 0 Å². The first kappa shape index (κ1) is 15.4. The van der Waals surface area contributed by atoms with Gasteiger partial charge in [0.2, 0.25) is 0 Å². The third-order valence-corrected chi connectivity index (χ3v) is 5.41. The molecule has 1 aromatic rings. The van der Waals surface area contributed by atoms with E-state index in [0.717, 1.165) is 32.4 Å². The van der Waals surface area contributed by atoms with Gasteiger partial charge in [0, 0.05) is 37.6 Å². The fourth-order valence-corrected chi connectivity index (χ4v) is 4.56. The molecule has 1 aliphatic carbocycles. The van der Waals surface area contributed by atoms with Crippen molar-refractivity contribution >= 4 is 5.91 Å². The quantitative estimate of drug-likeness (QED) is 0.931. The first-order chi connectivity index (χ1) is 10.5. The zero-order valence-electron chi connectivity index (χ0n) is 13.1. The molecule has 3 rings (SSSR count). The van der Waals surface area contributed by atoms with Gasteiger partial charge in [-0.25, -0.2) is 4.39 Å². The SMILES string of the molecule is COC1(c2cccc(C(N)=O)c2F)C2CCCC1CN(C)C2. The minimum Gasteiger partial charge on any atom is -0.373 e. The second-order valence-electron chi connectivity index (χ2n) is 6.57. The van der Waals surface area contributed by atoms with Crippen LogP contribution in [0.5, 0.6) is 0 Å². The Morgan fingerprint density at radius 1 is 1.36 bits per heavy atom. The molecule has 2 atom stereocenters. The van der Waals surface area contributed by atoms with Crippen molar-refractivity contribution in [2.24, 2.45) is 17.6 Å². The van der Waals surface area contributed by atoms with Crippen molar-refractivity contribution in [1.82, 2.24) is 4.90 Å². The fraction of sp³-hybridized carbons (Fsp3) is 0.588. The van der Waals surface area contributed by atoms with Gasteiger partial charge in [-0.1, -0.05) is 18.6 Å². The molecule has 2 fully saturated rings. The highest BCUT2D eigenvalue weighted by Crippen LogP contribution is 2.52. The monoisotopic (exact) mass is 306 g/mol. The fourth-order valence-electron chi connectivity index (χ4n) is 4.56. The number of piperidine rings is 1. The van der Waals surface area contributed by atoms with Crippen LogP contribution in [0.4, 0.5) is 4.39 Å². The van der Waals surface area contributed by atoms with Crippen LogP contribution in [0.1, 0.15) is 35.2 Å². The number of fused-ring (bicyclic) bond motifs is 2. The van der Waals surface area contributed by atoms with Gasteiger partial charge >= 0.3 is 0 Å². The summed E-state index contributed by atoms with van der Waals surface area (Å²) >= 11 is 0. The molecule has 1 aliphatic heterocycles. The Labute approximate surface area is 130 Å². The first-order valence-corrected chi connectivity index (χ1v) is 7.83. The van der Waals surface area contributed by atoms with Crippen LogP contribution in [0.3, 0.4) is 0 Å². The number of nitrogens with two attached hydrogens (primary N) is 1. The lowest BCUT2D eigenvalue weighted by Crippen LogP contribution is -2.58. The number of hydrogen-bond donors (Lipinski definition) is 1. The van der Waals surface area contributed by atoms with Crippen LogP contribution in [0.15, 0.2) is 18.2 Å². The summed E-state index contributed by atoms with van der Waals surface area (Å²) in [5.74, 6) is -0.790. The van der Waals surface area contributed by atoms with E-state index in [-0.39, 0.29) is 17.4 Å². The van der Waals surface area contributed by atoms with Crippen LogP contribution >= 0.6 is 0 Å². The van der Waals surface area contributed by atoms with E-state index >= 15 is 0 Å². The average molecular weight is 306 g/mol. The largest absolute Gasteiger partial charge is 0.373 e. The van der Waals surface area contributed by atoms with Crippen LogP contribution in [-0.4, -0.2) is 38.1 Å². The Kier molecular flexibility index (Phi) is 3.95. The Hall–Kier alpha value is -1.46. The normalized spacial score (nSPS) is 32.0. The van der Waals surface area contributed by atoms with Crippen LogP contribution in [0.2, 0.25) is 0 Å². The standard InChI is InChI=1S/C17H23FN2O2/c1-20-9-11-5-3-6-12(10-20)17(11,22-2)14-8-4-7-13(15(14)18)16(19)21/h4,7-8,11-12H,3,5-6,9-10H2,1-2H3,(H2,19,21). The van der Waals surface area contributed by atoms with E-state index in [1.54, 1.807) is 19.2 Å². The summed E-state index contributed by atoms with van der Waals surface area (Å²) in [6, 6.07) is 4.89. The molecule has 0 aromatic heterocycles. The molecule has 1 saturated carbocycles. The van der Waals surface area contributed by atoms with Gasteiger partial charge in [-0.05, 0) is 26.0 Å². The highest BCUT2D eigenvalue weighted by atomic mass is 19.1. The van der Waals surface area contributed by atoms with Crippen molar-refractivity contribution in [3.8, 4) is 0 Å². The third kappa shape index (κ3) is 2.15. The molecular weight excluding hydrogens is 283 g/mol. The molecular formula is C17H23FN2O2. The van der Waals surface area contributed by atoms with E-state index in [1.807, 2.05) is 0 Å². The average Bonchev–Trinajstić information content (AvgIpc) is 2.46. The number of hydrogen-bond acceptors (Lipinski definition) is 3. The van der Waals surface area contributed by atoms with E-state index < -0.39 is 17.3 Å². The van der Waals surface area contributed by atoms with Gasteiger partial charge in [0.15, 0.2) is 0 Å². The number of methoxy groups -OCH3 is 1. The van der Waals surface area contributed by atoms with E-state index in [9.17, 15) is 9.18 Å². The van der Waals surface area contributed by atoms with Gasteiger partial charge in [0.25, 0.3) is 5.91 Å². The molecule has 2 N–H and O–H groups in total. The summed E-state index contributed by atoms with van der Waals surface area (Å²) in [5.41, 5.74) is 5.10. The maximum atomic E-state index is 14.9. The number of halogens is 1. The topological polar surface area (TPSA) is 55.6 Å². The van der Waals surface area contributed by atoms with E-state index in [0.29, 0.717) is 5.56 Å². The number of likely N-dealkylation sites (tertiary alicyclic amines) is 1. The number of amides is 1. The maximum absolute atomic E-state index is 14.9. The van der Waals surface area contributed by atoms with Crippen molar-refractivity contribution in [3.63, 3.8) is 0 Å². The molecule has 4 nitrogen and oxygen atoms in total. The van der Waals surface area contributed by atoms with Crippen molar-refractivity contribution < 1.29 is 13.9 Å². The van der Waals surface area contributed by atoms with Crippen LogP contribution in [0.25, 0.3) is 0 Å². The summed E-state index contributed by atoms with van der Waals surface area (Å²) in [6.07, 6.45) is 3.16. The zero-order valence-corrected chi connectivity index (χ0v) is 13.1.